The molecule has 94 valence electrons. The van der Waals surface area contributed by atoms with Crippen LogP contribution in [0.3, 0.4) is 0 Å². The summed E-state index contributed by atoms with van der Waals surface area (Å²) in [4.78, 5) is 7.18. The van der Waals surface area contributed by atoms with Gasteiger partial charge in [0.2, 0.25) is 0 Å². The molecular weight excluding hydrogens is 254 g/mol. The topological polar surface area (TPSA) is 40.2 Å². The van der Waals surface area contributed by atoms with E-state index in [0.29, 0.717) is 0 Å². The van der Waals surface area contributed by atoms with Crippen LogP contribution in [0.1, 0.15) is 5.56 Å². The standard InChI is InChI=1S/C8H7N.C7H6N2S/c1-2-4-8-7(3-1)5-6-9-8;1-2-4-7-6(3-1)5-8-9-10-7/h1-6,9H;1-5,9H. The van der Waals surface area contributed by atoms with Crippen LogP contribution in [0.2, 0.25) is 0 Å². The third-order valence-electron chi connectivity index (χ3n) is 2.79. The molecule has 19 heavy (non-hydrogen) atoms. The van der Waals surface area contributed by atoms with Gasteiger partial charge in [-0.1, -0.05) is 36.4 Å². The minimum Gasteiger partial charge on any atom is -0.361 e. The van der Waals surface area contributed by atoms with Gasteiger partial charge in [0.15, 0.2) is 0 Å². The van der Waals surface area contributed by atoms with Crippen molar-refractivity contribution in [1.82, 2.24) is 9.82 Å². The number of nitrogens with one attached hydrogen (secondary N) is 2. The number of benzene rings is 2. The smallest absolute Gasteiger partial charge is 0.0562 e. The SMILES string of the molecule is C1=NNSc2ccccc21.c1ccc2[nH]ccc2c1. The average molecular weight is 267 g/mol. The van der Waals surface area contributed by atoms with Crippen LogP contribution < -0.4 is 4.83 Å². The predicted octanol–water partition coefficient (Wildman–Crippen LogP) is 3.80. The molecular formula is C15H13N3S. The van der Waals surface area contributed by atoms with Gasteiger partial charge in [-0.2, -0.15) is 5.10 Å². The van der Waals surface area contributed by atoms with E-state index in [1.54, 1.807) is 11.9 Å². The highest BCUT2D eigenvalue weighted by atomic mass is 32.2. The van der Waals surface area contributed by atoms with Crippen molar-refractivity contribution in [2.45, 2.75) is 4.90 Å². The van der Waals surface area contributed by atoms with E-state index in [9.17, 15) is 0 Å². The fourth-order valence-electron chi connectivity index (χ4n) is 1.85. The van der Waals surface area contributed by atoms with Crippen molar-refractivity contribution in [1.29, 1.82) is 0 Å². The Kier molecular flexibility index (Phi) is 3.51. The maximum absolute atomic E-state index is 3.91. The fraction of sp³-hybridized carbons (Fsp3) is 0. The lowest BCUT2D eigenvalue weighted by Gasteiger charge is -2.07. The first-order valence-corrected chi connectivity index (χ1v) is 6.81. The lowest BCUT2D eigenvalue weighted by Crippen LogP contribution is -2.01. The van der Waals surface area contributed by atoms with Crippen molar-refractivity contribution in [2.24, 2.45) is 5.10 Å². The number of fused-ring (bicyclic) bond motifs is 2. The van der Waals surface area contributed by atoms with Crippen LogP contribution in [0.4, 0.5) is 0 Å². The van der Waals surface area contributed by atoms with Crippen molar-refractivity contribution in [2.75, 3.05) is 0 Å². The second kappa shape index (κ2) is 5.63. The quantitative estimate of drug-likeness (QED) is 0.608. The number of para-hydroxylation sites is 1. The van der Waals surface area contributed by atoms with E-state index in [2.05, 4.69) is 39.2 Å². The Morgan fingerprint density at radius 3 is 2.63 bits per heavy atom. The first-order chi connectivity index (χ1) is 9.43. The van der Waals surface area contributed by atoms with E-state index >= 15 is 0 Å². The molecule has 2 heterocycles. The third kappa shape index (κ3) is 2.80. The van der Waals surface area contributed by atoms with E-state index in [1.165, 1.54) is 21.4 Å². The normalized spacial score (nSPS) is 12.2. The molecule has 0 radical (unpaired) electrons. The number of hydrogen-bond donors (Lipinski definition) is 2. The summed E-state index contributed by atoms with van der Waals surface area (Å²) in [6.07, 6.45) is 3.77. The van der Waals surface area contributed by atoms with E-state index < -0.39 is 0 Å². The van der Waals surface area contributed by atoms with Crippen LogP contribution in [0.25, 0.3) is 10.9 Å². The summed E-state index contributed by atoms with van der Waals surface area (Å²) < 4.78 is 0. The zero-order valence-corrected chi connectivity index (χ0v) is 11.0. The van der Waals surface area contributed by atoms with Gasteiger partial charge in [0.05, 0.1) is 6.21 Å². The van der Waals surface area contributed by atoms with E-state index in [4.69, 9.17) is 0 Å². The van der Waals surface area contributed by atoms with Gasteiger partial charge >= 0.3 is 0 Å². The van der Waals surface area contributed by atoms with Gasteiger partial charge in [0, 0.05) is 34.1 Å². The molecule has 0 spiro atoms. The second-order valence-corrected chi connectivity index (χ2v) is 4.88. The number of rotatable bonds is 0. The molecule has 1 aliphatic rings. The monoisotopic (exact) mass is 267 g/mol. The lowest BCUT2D eigenvalue weighted by molar-refractivity contribution is 1.10. The summed E-state index contributed by atoms with van der Waals surface area (Å²) in [6.45, 7) is 0. The van der Waals surface area contributed by atoms with Crippen molar-refractivity contribution in [3.05, 3.63) is 66.4 Å². The van der Waals surface area contributed by atoms with Crippen molar-refractivity contribution >= 4 is 29.1 Å². The largest absolute Gasteiger partial charge is 0.361 e. The zero-order chi connectivity index (χ0) is 12.9. The maximum Gasteiger partial charge on any atom is 0.0562 e. The van der Waals surface area contributed by atoms with Crippen molar-refractivity contribution in [3.63, 3.8) is 0 Å². The molecule has 0 fully saturated rings. The van der Waals surface area contributed by atoms with Gasteiger partial charge in [0.1, 0.15) is 0 Å². The van der Waals surface area contributed by atoms with Gasteiger partial charge in [-0.15, -0.1) is 0 Å². The van der Waals surface area contributed by atoms with Crippen LogP contribution in [0.5, 0.6) is 0 Å². The Balaban J connectivity index is 0.000000117. The van der Waals surface area contributed by atoms with Crippen LogP contribution in [-0.2, 0) is 0 Å². The lowest BCUT2D eigenvalue weighted by atomic mass is 10.2. The molecule has 0 saturated heterocycles. The van der Waals surface area contributed by atoms with E-state index in [-0.39, 0.29) is 0 Å². The molecule has 4 heteroatoms. The molecule has 0 bridgehead atoms. The molecule has 1 aliphatic heterocycles. The van der Waals surface area contributed by atoms with Crippen LogP contribution >= 0.6 is 11.9 Å². The Bertz CT molecular complexity index is 673. The highest BCUT2D eigenvalue weighted by molar-refractivity contribution is 7.97. The highest BCUT2D eigenvalue weighted by Gasteiger charge is 2.01. The van der Waals surface area contributed by atoms with Crippen LogP contribution in [0.15, 0.2) is 70.8 Å². The molecule has 3 aromatic rings. The molecule has 0 unspecified atom stereocenters. The zero-order valence-electron chi connectivity index (χ0n) is 10.2. The molecule has 2 N–H and O–H groups in total. The fourth-order valence-corrected chi connectivity index (χ4v) is 2.44. The summed E-state index contributed by atoms with van der Waals surface area (Å²) in [7, 11) is 0. The number of H-pyrrole nitrogens is 1. The highest BCUT2D eigenvalue weighted by Crippen LogP contribution is 2.20. The number of hydrazone groups is 1. The Morgan fingerprint density at radius 1 is 0.895 bits per heavy atom. The third-order valence-corrected chi connectivity index (χ3v) is 3.58. The van der Waals surface area contributed by atoms with E-state index in [0.717, 1.165) is 0 Å². The van der Waals surface area contributed by atoms with Gasteiger partial charge in [-0.05, 0) is 23.6 Å². The number of nitrogens with zero attached hydrogens (tertiary/aromatic N) is 1. The predicted molar refractivity (Wildman–Crippen MR) is 81.3 cm³/mol. The Hall–Kier alpha value is -2.20. The number of aromatic nitrogens is 1. The average Bonchev–Trinajstić information content (AvgIpc) is 2.96. The molecule has 0 aliphatic carbocycles. The molecule has 0 amide bonds. The summed E-state index contributed by atoms with van der Waals surface area (Å²) in [5.74, 6) is 0. The van der Waals surface area contributed by atoms with E-state index in [1.807, 2.05) is 42.7 Å². The molecule has 1 aromatic heterocycles. The number of aromatic amines is 1. The summed E-state index contributed by atoms with van der Waals surface area (Å²) >= 11 is 1.54. The Morgan fingerprint density at radius 2 is 1.74 bits per heavy atom. The van der Waals surface area contributed by atoms with Crippen molar-refractivity contribution in [3.8, 4) is 0 Å². The van der Waals surface area contributed by atoms with Crippen LogP contribution in [-0.4, -0.2) is 11.2 Å². The molecule has 4 rings (SSSR count). The summed E-state index contributed by atoms with van der Waals surface area (Å²) in [6, 6.07) is 18.4. The van der Waals surface area contributed by atoms with Gasteiger partial charge in [0.25, 0.3) is 0 Å². The van der Waals surface area contributed by atoms with Gasteiger partial charge in [-0.3, -0.25) is 0 Å². The minimum atomic E-state index is 1.19. The number of hydrogen-bond acceptors (Lipinski definition) is 3. The minimum absolute atomic E-state index is 1.19. The summed E-state index contributed by atoms with van der Waals surface area (Å²) in [5, 5.41) is 5.18. The maximum atomic E-state index is 3.91. The molecule has 0 atom stereocenters. The first-order valence-electron chi connectivity index (χ1n) is 5.99. The molecule has 0 saturated carbocycles. The summed E-state index contributed by atoms with van der Waals surface area (Å²) in [5.41, 5.74) is 2.39. The van der Waals surface area contributed by atoms with Gasteiger partial charge in [-0.25, -0.2) is 4.83 Å². The van der Waals surface area contributed by atoms with Crippen LogP contribution in [0, 0.1) is 0 Å². The molecule has 3 nitrogen and oxygen atoms in total. The Labute approximate surface area is 115 Å². The van der Waals surface area contributed by atoms with Gasteiger partial charge < -0.3 is 4.98 Å². The molecule has 2 aromatic carbocycles. The first kappa shape index (κ1) is 11.9. The van der Waals surface area contributed by atoms with Crippen molar-refractivity contribution < 1.29 is 0 Å². The second-order valence-electron chi connectivity index (χ2n) is 4.05.